The SMILES string of the molecule is CN1CCN(c2cc(OCCNC(=O)c3ccco3)ncn2)CC1. The van der Waals surface area contributed by atoms with Gasteiger partial charge >= 0.3 is 0 Å². The van der Waals surface area contributed by atoms with Crippen LogP contribution in [-0.2, 0) is 0 Å². The zero-order valence-corrected chi connectivity index (χ0v) is 13.6. The maximum Gasteiger partial charge on any atom is 0.287 e. The molecule has 3 heterocycles. The summed E-state index contributed by atoms with van der Waals surface area (Å²) in [5, 5.41) is 2.72. The lowest BCUT2D eigenvalue weighted by Crippen LogP contribution is -2.44. The summed E-state index contributed by atoms with van der Waals surface area (Å²) in [5.74, 6) is 1.40. The Bertz CT molecular complexity index is 653. The van der Waals surface area contributed by atoms with Crippen LogP contribution in [0.25, 0.3) is 0 Å². The molecule has 1 N–H and O–H groups in total. The summed E-state index contributed by atoms with van der Waals surface area (Å²) >= 11 is 0. The number of nitrogens with zero attached hydrogens (tertiary/aromatic N) is 4. The van der Waals surface area contributed by atoms with Gasteiger partial charge in [0.25, 0.3) is 5.91 Å². The molecule has 0 saturated carbocycles. The second kappa shape index (κ2) is 7.78. The number of hydrogen-bond acceptors (Lipinski definition) is 7. The van der Waals surface area contributed by atoms with E-state index in [0.717, 1.165) is 32.0 Å². The number of anilines is 1. The van der Waals surface area contributed by atoms with Crippen LogP contribution in [0.5, 0.6) is 5.88 Å². The van der Waals surface area contributed by atoms with Gasteiger partial charge in [0.2, 0.25) is 5.88 Å². The maximum atomic E-state index is 11.7. The van der Waals surface area contributed by atoms with Crippen molar-refractivity contribution in [3.8, 4) is 5.88 Å². The standard InChI is InChI=1S/C16H21N5O3/c1-20-5-7-21(8-6-20)14-11-15(19-12-18-14)24-10-4-17-16(22)13-3-2-9-23-13/h2-3,9,11-12H,4-8,10H2,1H3,(H,17,22). The van der Waals surface area contributed by atoms with E-state index >= 15 is 0 Å². The van der Waals surface area contributed by atoms with Crippen LogP contribution in [0.15, 0.2) is 35.2 Å². The molecular formula is C16H21N5O3. The summed E-state index contributed by atoms with van der Waals surface area (Å²) in [6.07, 6.45) is 2.97. The summed E-state index contributed by atoms with van der Waals surface area (Å²) in [7, 11) is 2.11. The molecule has 0 spiro atoms. The monoisotopic (exact) mass is 331 g/mol. The van der Waals surface area contributed by atoms with Gasteiger partial charge in [0, 0.05) is 32.2 Å². The first-order chi connectivity index (χ1) is 11.7. The second-order valence-electron chi connectivity index (χ2n) is 5.59. The predicted octanol–water partition coefficient (Wildman–Crippen LogP) is 0.630. The zero-order valence-electron chi connectivity index (χ0n) is 13.6. The van der Waals surface area contributed by atoms with E-state index in [1.807, 2.05) is 6.07 Å². The number of rotatable bonds is 6. The topological polar surface area (TPSA) is 83.7 Å². The summed E-state index contributed by atoms with van der Waals surface area (Å²) in [6, 6.07) is 5.12. The van der Waals surface area contributed by atoms with Gasteiger partial charge in [-0.05, 0) is 19.2 Å². The largest absolute Gasteiger partial charge is 0.476 e. The Hall–Kier alpha value is -2.61. The second-order valence-corrected chi connectivity index (χ2v) is 5.59. The highest BCUT2D eigenvalue weighted by Crippen LogP contribution is 2.17. The molecule has 1 aliphatic rings. The summed E-state index contributed by atoms with van der Waals surface area (Å²) < 4.78 is 10.6. The average Bonchev–Trinajstić information content (AvgIpc) is 3.14. The van der Waals surface area contributed by atoms with E-state index in [1.165, 1.54) is 12.6 Å². The molecule has 1 saturated heterocycles. The molecule has 8 nitrogen and oxygen atoms in total. The first-order valence-corrected chi connectivity index (χ1v) is 7.92. The van der Waals surface area contributed by atoms with Crippen molar-refractivity contribution in [2.24, 2.45) is 0 Å². The van der Waals surface area contributed by atoms with Crippen LogP contribution in [-0.4, -0.2) is 67.2 Å². The Morgan fingerprint density at radius 3 is 2.92 bits per heavy atom. The van der Waals surface area contributed by atoms with E-state index in [2.05, 4.69) is 32.1 Å². The van der Waals surface area contributed by atoms with Gasteiger partial charge in [-0.15, -0.1) is 0 Å². The molecule has 0 aliphatic carbocycles. The van der Waals surface area contributed by atoms with Crippen molar-refractivity contribution >= 4 is 11.7 Å². The minimum absolute atomic E-state index is 0.260. The molecule has 8 heteroatoms. The lowest BCUT2D eigenvalue weighted by Gasteiger charge is -2.33. The third-order valence-corrected chi connectivity index (χ3v) is 3.84. The van der Waals surface area contributed by atoms with Gasteiger partial charge < -0.3 is 24.3 Å². The number of ether oxygens (including phenoxy) is 1. The van der Waals surface area contributed by atoms with Crippen LogP contribution in [0.3, 0.4) is 0 Å². The van der Waals surface area contributed by atoms with E-state index in [9.17, 15) is 4.79 Å². The molecule has 2 aromatic rings. The first-order valence-electron chi connectivity index (χ1n) is 7.92. The molecule has 0 unspecified atom stereocenters. The average molecular weight is 331 g/mol. The number of carbonyl (C=O) groups is 1. The Kier molecular flexibility index (Phi) is 5.27. The quantitative estimate of drug-likeness (QED) is 0.777. The third kappa shape index (κ3) is 4.23. The molecule has 24 heavy (non-hydrogen) atoms. The Balaban J connectivity index is 1.45. The van der Waals surface area contributed by atoms with Crippen molar-refractivity contribution in [3.63, 3.8) is 0 Å². The molecule has 3 rings (SSSR count). The van der Waals surface area contributed by atoms with Crippen LogP contribution < -0.4 is 15.0 Å². The molecular weight excluding hydrogens is 310 g/mol. The van der Waals surface area contributed by atoms with E-state index in [4.69, 9.17) is 9.15 Å². The molecule has 0 atom stereocenters. The van der Waals surface area contributed by atoms with E-state index in [1.54, 1.807) is 12.1 Å². The minimum Gasteiger partial charge on any atom is -0.476 e. The highest BCUT2D eigenvalue weighted by molar-refractivity contribution is 5.91. The number of hydrogen-bond donors (Lipinski definition) is 1. The zero-order chi connectivity index (χ0) is 16.8. The number of piperazine rings is 1. The van der Waals surface area contributed by atoms with Crippen LogP contribution in [0.4, 0.5) is 5.82 Å². The smallest absolute Gasteiger partial charge is 0.287 e. The lowest BCUT2D eigenvalue weighted by molar-refractivity contribution is 0.0919. The van der Waals surface area contributed by atoms with Crippen LogP contribution in [0.2, 0.25) is 0 Å². The van der Waals surface area contributed by atoms with E-state index < -0.39 is 0 Å². The molecule has 0 bridgehead atoms. The number of amides is 1. The Morgan fingerprint density at radius 2 is 2.17 bits per heavy atom. The van der Waals surface area contributed by atoms with Gasteiger partial charge in [0.15, 0.2) is 5.76 Å². The summed E-state index contributed by atoms with van der Waals surface area (Å²) in [5.41, 5.74) is 0. The van der Waals surface area contributed by atoms with Crippen molar-refractivity contribution in [3.05, 3.63) is 36.5 Å². The van der Waals surface area contributed by atoms with Gasteiger partial charge in [-0.25, -0.2) is 9.97 Å². The molecule has 2 aromatic heterocycles. The Morgan fingerprint density at radius 1 is 1.33 bits per heavy atom. The summed E-state index contributed by atoms with van der Waals surface area (Å²) in [4.78, 5) is 24.6. The third-order valence-electron chi connectivity index (χ3n) is 3.84. The first kappa shape index (κ1) is 16.3. The van der Waals surface area contributed by atoms with Gasteiger partial charge in [-0.3, -0.25) is 4.79 Å². The maximum absolute atomic E-state index is 11.7. The fourth-order valence-corrected chi connectivity index (χ4v) is 2.43. The van der Waals surface area contributed by atoms with E-state index in [-0.39, 0.29) is 11.7 Å². The molecule has 0 radical (unpaired) electrons. The van der Waals surface area contributed by atoms with Gasteiger partial charge in [0.05, 0.1) is 12.8 Å². The molecule has 1 amide bonds. The molecule has 1 fully saturated rings. The van der Waals surface area contributed by atoms with Crippen LogP contribution >= 0.6 is 0 Å². The number of aromatic nitrogens is 2. The highest BCUT2D eigenvalue weighted by Gasteiger charge is 2.16. The van der Waals surface area contributed by atoms with Crippen molar-refractivity contribution < 1.29 is 13.9 Å². The number of furan rings is 1. The normalized spacial score (nSPS) is 15.3. The number of nitrogens with one attached hydrogen (secondary N) is 1. The molecule has 128 valence electrons. The lowest BCUT2D eigenvalue weighted by atomic mass is 10.3. The van der Waals surface area contributed by atoms with Crippen molar-refractivity contribution in [1.29, 1.82) is 0 Å². The predicted molar refractivity (Wildman–Crippen MR) is 88.3 cm³/mol. The van der Waals surface area contributed by atoms with Crippen molar-refractivity contribution in [1.82, 2.24) is 20.2 Å². The van der Waals surface area contributed by atoms with Gasteiger partial charge in [0.1, 0.15) is 18.8 Å². The van der Waals surface area contributed by atoms with Gasteiger partial charge in [-0.2, -0.15) is 0 Å². The summed E-state index contributed by atoms with van der Waals surface area (Å²) in [6.45, 7) is 4.59. The van der Waals surface area contributed by atoms with Crippen LogP contribution in [0.1, 0.15) is 10.6 Å². The highest BCUT2D eigenvalue weighted by atomic mass is 16.5. The number of carbonyl (C=O) groups excluding carboxylic acids is 1. The fourth-order valence-electron chi connectivity index (χ4n) is 2.43. The van der Waals surface area contributed by atoms with E-state index in [0.29, 0.717) is 19.0 Å². The number of likely N-dealkylation sites (N-methyl/N-ethyl adjacent to an activating group) is 1. The van der Waals surface area contributed by atoms with Crippen molar-refractivity contribution in [2.45, 2.75) is 0 Å². The minimum atomic E-state index is -0.260. The van der Waals surface area contributed by atoms with Crippen LogP contribution in [0, 0.1) is 0 Å². The Labute approximate surface area is 140 Å². The fraction of sp³-hybridized carbons (Fsp3) is 0.438. The van der Waals surface area contributed by atoms with Crippen molar-refractivity contribution in [2.75, 3.05) is 51.3 Å². The molecule has 1 aliphatic heterocycles. The van der Waals surface area contributed by atoms with Gasteiger partial charge in [-0.1, -0.05) is 0 Å². The molecule has 0 aromatic carbocycles.